The summed E-state index contributed by atoms with van der Waals surface area (Å²) in [5, 5.41) is 13.1. The summed E-state index contributed by atoms with van der Waals surface area (Å²) < 4.78 is 0. The molecule has 0 heterocycles. The molecule has 1 aromatic carbocycles. The van der Waals surface area contributed by atoms with E-state index in [1.54, 1.807) is 6.07 Å². The van der Waals surface area contributed by atoms with Crippen LogP contribution in [0.25, 0.3) is 0 Å². The van der Waals surface area contributed by atoms with Crippen molar-refractivity contribution in [1.29, 1.82) is 5.26 Å². The minimum Gasteiger partial charge on any atom is -0.398 e. The number of hydrogen-bond donors (Lipinski definition) is 2. The van der Waals surface area contributed by atoms with Gasteiger partial charge in [0.2, 0.25) is 0 Å². The largest absolute Gasteiger partial charge is 0.398 e. The van der Waals surface area contributed by atoms with Crippen molar-refractivity contribution >= 4 is 23.1 Å². The SMILES string of the molecule is CSC1CCCCC1Nc1ccc(C#N)c(N)c1. The zero-order chi connectivity index (χ0) is 13.0. The van der Waals surface area contributed by atoms with E-state index in [9.17, 15) is 0 Å². The minimum absolute atomic E-state index is 0.515. The van der Waals surface area contributed by atoms with Gasteiger partial charge in [0.25, 0.3) is 0 Å². The lowest BCUT2D eigenvalue weighted by atomic mass is 9.94. The Labute approximate surface area is 113 Å². The molecule has 1 aromatic rings. The highest BCUT2D eigenvalue weighted by atomic mass is 32.2. The Morgan fingerprint density at radius 2 is 2.17 bits per heavy atom. The topological polar surface area (TPSA) is 61.8 Å². The summed E-state index contributed by atoms with van der Waals surface area (Å²) in [4.78, 5) is 0. The average molecular weight is 261 g/mol. The van der Waals surface area contributed by atoms with E-state index in [4.69, 9.17) is 11.0 Å². The molecule has 2 rings (SSSR count). The molecule has 0 amide bonds. The summed E-state index contributed by atoms with van der Waals surface area (Å²) in [6, 6.07) is 8.20. The van der Waals surface area contributed by atoms with Gasteiger partial charge in [0.1, 0.15) is 6.07 Å². The Balaban J connectivity index is 2.08. The predicted octanol–water partition coefficient (Wildman–Crippen LogP) is 3.23. The second-order valence-electron chi connectivity index (χ2n) is 4.72. The number of nitrogens with zero attached hydrogens (tertiary/aromatic N) is 1. The van der Waals surface area contributed by atoms with Crippen LogP contribution in [0.2, 0.25) is 0 Å². The van der Waals surface area contributed by atoms with Crippen molar-refractivity contribution in [2.45, 2.75) is 37.0 Å². The molecule has 1 aliphatic rings. The number of nitrogens with two attached hydrogens (primary N) is 1. The third-order valence-electron chi connectivity index (χ3n) is 3.53. The van der Waals surface area contributed by atoms with Crippen molar-refractivity contribution in [3.05, 3.63) is 23.8 Å². The standard InChI is InChI=1S/C14H19N3S/c1-18-14-5-3-2-4-13(14)17-11-7-6-10(9-15)12(16)8-11/h6-8,13-14,17H,2-5,16H2,1H3. The Bertz CT molecular complexity index is 453. The van der Waals surface area contributed by atoms with Gasteiger partial charge in [-0.1, -0.05) is 12.8 Å². The van der Waals surface area contributed by atoms with Crippen molar-refractivity contribution in [3.63, 3.8) is 0 Å². The maximum absolute atomic E-state index is 8.86. The van der Waals surface area contributed by atoms with Crippen LogP contribution in [0.3, 0.4) is 0 Å². The molecule has 0 saturated heterocycles. The van der Waals surface area contributed by atoms with Gasteiger partial charge in [-0.15, -0.1) is 0 Å². The molecule has 1 saturated carbocycles. The molecule has 3 nitrogen and oxygen atoms in total. The highest BCUT2D eigenvalue weighted by Crippen LogP contribution is 2.30. The molecule has 0 spiro atoms. The normalized spacial score (nSPS) is 23.3. The first-order chi connectivity index (χ1) is 8.74. The van der Waals surface area contributed by atoms with Crippen LogP contribution >= 0.6 is 11.8 Å². The lowest BCUT2D eigenvalue weighted by Gasteiger charge is -2.31. The third-order valence-corrected chi connectivity index (χ3v) is 4.70. The maximum Gasteiger partial charge on any atom is 0.101 e. The van der Waals surface area contributed by atoms with Gasteiger partial charge in [0.15, 0.2) is 0 Å². The van der Waals surface area contributed by atoms with Crippen LogP contribution in [0.5, 0.6) is 0 Å². The van der Waals surface area contributed by atoms with Crippen LogP contribution in [-0.4, -0.2) is 17.5 Å². The number of anilines is 2. The summed E-state index contributed by atoms with van der Waals surface area (Å²) in [6.07, 6.45) is 7.30. The van der Waals surface area contributed by atoms with Gasteiger partial charge in [0.05, 0.1) is 11.3 Å². The van der Waals surface area contributed by atoms with Crippen molar-refractivity contribution in [3.8, 4) is 6.07 Å². The summed E-state index contributed by atoms with van der Waals surface area (Å²) >= 11 is 1.94. The third kappa shape index (κ3) is 2.91. The monoisotopic (exact) mass is 261 g/mol. The first kappa shape index (κ1) is 13.1. The number of thioether (sulfide) groups is 1. The van der Waals surface area contributed by atoms with Crippen molar-refractivity contribution in [1.82, 2.24) is 0 Å². The Morgan fingerprint density at radius 1 is 1.39 bits per heavy atom. The maximum atomic E-state index is 8.86. The van der Waals surface area contributed by atoms with Gasteiger partial charge in [-0.25, -0.2) is 0 Å². The Kier molecular flexibility index (Phi) is 4.38. The fourth-order valence-corrected chi connectivity index (χ4v) is 3.45. The number of nitrogens with one attached hydrogen (secondary N) is 1. The lowest BCUT2D eigenvalue weighted by molar-refractivity contribution is 0.475. The second kappa shape index (κ2) is 6.01. The molecule has 2 unspecified atom stereocenters. The van der Waals surface area contributed by atoms with E-state index in [-0.39, 0.29) is 0 Å². The van der Waals surface area contributed by atoms with Gasteiger partial charge in [-0.3, -0.25) is 0 Å². The molecule has 18 heavy (non-hydrogen) atoms. The Hall–Kier alpha value is -1.34. The van der Waals surface area contributed by atoms with Crippen molar-refractivity contribution in [2.24, 2.45) is 0 Å². The summed E-state index contributed by atoms with van der Waals surface area (Å²) in [7, 11) is 0. The highest BCUT2D eigenvalue weighted by Gasteiger charge is 2.24. The van der Waals surface area contributed by atoms with E-state index in [2.05, 4.69) is 17.6 Å². The molecular weight excluding hydrogens is 242 g/mol. The van der Waals surface area contributed by atoms with Crippen LogP contribution in [0.4, 0.5) is 11.4 Å². The van der Waals surface area contributed by atoms with Crippen LogP contribution in [0, 0.1) is 11.3 Å². The quantitative estimate of drug-likeness (QED) is 0.820. The second-order valence-corrected chi connectivity index (χ2v) is 5.80. The van der Waals surface area contributed by atoms with Crippen LogP contribution in [0.1, 0.15) is 31.2 Å². The van der Waals surface area contributed by atoms with Gasteiger partial charge < -0.3 is 11.1 Å². The lowest BCUT2D eigenvalue weighted by Crippen LogP contribution is -2.34. The number of rotatable bonds is 3. The van der Waals surface area contributed by atoms with E-state index in [0.717, 1.165) is 5.69 Å². The van der Waals surface area contributed by atoms with E-state index in [1.807, 2.05) is 23.9 Å². The number of hydrogen-bond acceptors (Lipinski definition) is 4. The molecule has 0 aliphatic heterocycles. The molecule has 0 aromatic heterocycles. The molecule has 2 atom stereocenters. The zero-order valence-corrected chi connectivity index (χ0v) is 11.5. The molecule has 4 heteroatoms. The fraction of sp³-hybridized carbons (Fsp3) is 0.500. The molecule has 3 N–H and O–H groups in total. The van der Waals surface area contributed by atoms with E-state index in [0.29, 0.717) is 22.5 Å². The van der Waals surface area contributed by atoms with Gasteiger partial charge >= 0.3 is 0 Å². The summed E-state index contributed by atoms with van der Waals surface area (Å²) in [5.74, 6) is 0. The van der Waals surface area contributed by atoms with Crippen LogP contribution in [-0.2, 0) is 0 Å². The Morgan fingerprint density at radius 3 is 2.83 bits per heavy atom. The van der Waals surface area contributed by atoms with Crippen molar-refractivity contribution in [2.75, 3.05) is 17.3 Å². The summed E-state index contributed by atoms with van der Waals surface area (Å²) in [5.41, 5.74) is 7.96. The van der Waals surface area contributed by atoms with Gasteiger partial charge in [-0.2, -0.15) is 17.0 Å². The molecule has 0 radical (unpaired) electrons. The molecular formula is C14H19N3S. The molecule has 0 bridgehead atoms. The van der Waals surface area contributed by atoms with Crippen molar-refractivity contribution < 1.29 is 0 Å². The number of nitrogen functional groups attached to an aromatic ring is 1. The predicted molar refractivity (Wildman–Crippen MR) is 78.8 cm³/mol. The van der Waals surface area contributed by atoms with Crippen LogP contribution < -0.4 is 11.1 Å². The smallest absolute Gasteiger partial charge is 0.101 e. The zero-order valence-electron chi connectivity index (χ0n) is 10.6. The average Bonchev–Trinajstić information content (AvgIpc) is 2.39. The molecule has 1 aliphatic carbocycles. The van der Waals surface area contributed by atoms with Crippen LogP contribution in [0.15, 0.2) is 18.2 Å². The minimum atomic E-state index is 0.515. The highest BCUT2D eigenvalue weighted by molar-refractivity contribution is 7.99. The van der Waals surface area contributed by atoms with Gasteiger partial charge in [0, 0.05) is 17.0 Å². The van der Waals surface area contributed by atoms with E-state index in [1.165, 1.54) is 25.7 Å². The molecule has 1 fully saturated rings. The summed E-state index contributed by atoms with van der Waals surface area (Å²) in [6.45, 7) is 0. The number of benzene rings is 1. The van der Waals surface area contributed by atoms with Gasteiger partial charge in [-0.05, 0) is 37.3 Å². The first-order valence-corrected chi connectivity index (χ1v) is 7.62. The molecule has 96 valence electrons. The van der Waals surface area contributed by atoms with E-state index >= 15 is 0 Å². The first-order valence-electron chi connectivity index (χ1n) is 6.33. The number of nitriles is 1. The van der Waals surface area contributed by atoms with E-state index < -0.39 is 0 Å². The fourth-order valence-electron chi connectivity index (χ4n) is 2.51.